The molecule has 72 valence electrons. The molecule has 0 bridgehead atoms. The van der Waals surface area contributed by atoms with Gasteiger partial charge in [0.15, 0.2) is 0 Å². The maximum Gasteiger partial charge on any atom is 0.272 e. The highest BCUT2D eigenvalue weighted by Crippen LogP contribution is 1.94. The number of aromatic nitrogens is 2. The summed E-state index contributed by atoms with van der Waals surface area (Å²) < 4.78 is 1.55. The number of carbonyl (C=O) groups is 1. The molecule has 1 aromatic heterocycles. The molecule has 2 N–H and O–H groups in total. The Bertz CT molecular complexity index is 295. The third kappa shape index (κ3) is 2.55. The van der Waals surface area contributed by atoms with Crippen molar-refractivity contribution in [3.05, 3.63) is 18.0 Å². The summed E-state index contributed by atoms with van der Waals surface area (Å²) in [6.07, 6.45) is 1.69. The molecule has 0 aromatic carbocycles. The molecule has 0 fully saturated rings. The minimum absolute atomic E-state index is 0.0709. The van der Waals surface area contributed by atoms with Crippen LogP contribution in [0.2, 0.25) is 0 Å². The molecule has 0 saturated heterocycles. The number of aryl methyl sites for hydroxylation is 1. The lowest BCUT2D eigenvalue weighted by molar-refractivity contribution is 0.0916. The maximum atomic E-state index is 11.3. The number of rotatable bonds is 3. The van der Waals surface area contributed by atoms with Gasteiger partial charge in [0.2, 0.25) is 0 Å². The number of aliphatic hydroxyl groups excluding tert-OH is 1. The second kappa shape index (κ2) is 4.04. The van der Waals surface area contributed by atoms with Crippen LogP contribution < -0.4 is 5.32 Å². The first-order valence-corrected chi connectivity index (χ1v) is 4.05. The molecular formula is C8H13N3O2. The first-order chi connectivity index (χ1) is 6.13. The molecule has 1 aromatic rings. The fourth-order valence-electron chi connectivity index (χ4n) is 0.880. The van der Waals surface area contributed by atoms with E-state index in [1.54, 1.807) is 30.9 Å². The largest absolute Gasteiger partial charge is 0.394 e. The van der Waals surface area contributed by atoms with Gasteiger partial charge in [-0.05, 0) is 13.0 Å². The predicted molar refractivity (Wildman–Crippen MR) is 47.2 cm³/mol. The van der Waals surface area contributed by atoms with Crippen molar-refractivity contribution < 1.29 is 9.90 Å². The normalized spacial score (nSPS) is 12.5. The lowest BCUT2D eigenvalue weighted by atomic mass is 10.3. The summed E-state index contributed by atoms with van der Waals surface area (Å²) in [4.78, 5) is 11.3. The van der Waals surface area contributed by atoms with Crippen LogP contribution in [-0.4, -0.2) is 33.4 Å². The highest BCUT2D eigenvalue weighted by atomic mass is 16.3. The molecule has 0 spiro atoms. The van der Waals surface area contributed by atoms with Gasteiger partial charge in [0, 0.05) is 19.3 Å². The van der Waals surface area contributed by atoms with Crippen molar-refractivity contribution in [3.63, 3.8) is 0 Å². The van der Waals surface area contributed by atoms with E-state index in [0.717, 1.165) is 0 Å². The van der Waals surface area contributed by atoms with E-state index in [4.69, 9.17) is 5.11 Å². The number of amides is 1. The van der Waals surface area contributed by atoms with E-state index in [2.05, 4.69) is 10.4 Å². The van der Waals surface area contributed by atoms with Gasteiger partial charge in [-0.25, -0.2) is 0 Å². The summed E-state index contributed by atoms with van der Waals surface area (Å²) >= 11 is 0. The van der Waals surface area contributed by atoms with Crippen molar-refractivity contribution in [1.29, 1.82) is 0 Å². The summed E-state index contributed by atoms with van der Waals surface area (Å²) in [5.74, 6) is -0.262. The molecule has 5 heteroatoms. The molecule has 0 saturated carbocycles. The van der Waals surface area contributed by atoms with Crippen LogP contribution in [0.4, 0.5) is 0 Å². The van der Waals surface area contributed by atoms with Gasteiger partial charge in [0.25, 0.3) is 5.91 Å². The molecule has 1 heterocycles. The average molecular weight is 183 g/mol. The van der Waals surface area contributed by atoms with Gasteiger partial charge in [0.1, 0.15) is 5.69 Å². The molecule has 1 atom stereocenters. The second-order valence-electron chi connectivity index (χ2n) is 2.93. The lowest BCUT2D eigenvalue weighted by Gasteiger charge is -2.08. The van der Waals surface area contributed by atoms with E-state index in [-0.39, 0.29) is 18.6 Å². The minimum Gasteiger partial charge on any atom is -0.394 e. The Balaban J connectivity index is 2.58. The SMILES string of the molecule is C[C@H](CO)NC(=O)c1ccn(C)n1. The number of hydrogen-bond donors (Lipinski definition) is 2. The van der Waals surface area contributed by atoms with Crippen LogP contribution in [0.3, 0.4) is 0 Å². The zero-order chi connectivity index (χ0) is 9.84. The fourth-order valence-corrected chi connectivity index (χ4v) is 0.880. The molecule has 0 radical (unpaired) electrons. The third-order valence-corrected chi connectivity index (χ3v) is 1.60. The monoisotopic (exact) mass is 183 g/mol. The quantitative estimate of drug-likeness (QED) is 0.665. The smallest absolute Gasteiger partial charge is 0.272 e. The van der Waals surface area contributed by atoms with Gasteiger partial charge >= 0.3 is 0 Å². The van der Waals surface area contributed by atoms with Gasteiger partial charge in [-0.3, -0.25) is 9.48 Å². The Morgan fingerprint density at radius 1 is 1.85 bits per heavy atom. The van der Waals surface area contributed by atoms with Gasteiger partial charge in [0.05, 0.1) is 6.61 Å². The van der Waals surface area contributed by atoms with Crippen LogP contribution in [0, 0.1) is 0 Å². The predicted octanol–water partition coefficient (Wildman–Crippen LogP) is -0.469. The van der Waals surface area contributed by atoms with E-state index in [1.165, 1.54) is 0 Å². The molecule has 0 aliphatic rings. The number of aliphatic hydroxyl groups is 1. The first kappa shape index (κ1) is 9.73. The van der Waals surface area contributed by atoms with E-state index in [0.29, 0.717) is 5.69 Å². The zero-order valence-corrected chi connectivity index (χ0v) is 7.69. The Kier molecular flexibility index (Phi) is 3.02. The standard InChI is InChI=1S/C8H13N3O2/c1-6(5-12)9-8(13)7-3-4-11(2)10-7/h3-4,6,12H,5H2,1-2H3,(H,9,13)/t6-/m1/s1. The third-order valence-electron chi connectivity index (χ3n) is 1.60. The summed E-state index contributed by atoms with van der Waals surface area (Å²) in [6.45, 7) is 1.65. The Morgan fingerprint density at radius 2 is 2.54 bits per heavy atom. The molecule has 1 amide bonds. The Morgan fingerprint density at radius 3 is 3.00 bits per heavy atom. The van der Waals surface area contributed by atoms with Gasteiger partial charge in [-0.1, -0.05) is 0 Å². The van der Waals surface area contributed by atoms with Crippen LogP contribution in [0.25, 0.3) is 0 Å². The maximum absolute atomic E-state index is 11.3. The van der Waals surface area contributed by atoms with Crippen LogP contribution >= 0.6 is 0 Å². The average Bonchev–Trinajstić information content (AvgIpc) is 2.51. The highest BCUT2D eigenvalue weighted by Gasteiger charge is 2.10. The lowest BCUT2D eigenvalue weighted by Crippen LogP contribution is -2.35. The summed E-state index contributed by atoms with van der Waals surface area (Å²) in [5, 5.41) is 15.2. The molecule has 0 aliphatic carbocycles. The van der Waals surface area contributed by atoms with Crippen molar-refractivity contribution in [3.8, 4) is 0 Å². The molecule has 13 heavy (non-hydrogen) atoms. The molecular weight excluding hydrogens is 170 g/mol. The topological polar surface area (TPSA) is 67.2 Å². The van der Waals surface area contributed by atoms with Crippen LogP contribution in [0.15, 0.2) is 12.3 Å². The Hall–Kier alpha value is -1.36. The van der Waals surface area contributed by atoms with Crippen LogP contribution in [0.5, 0.6) is 0 Å². The second-order valence-corrected chi connectivity index (χ2v) is 2.93. The van der Waals surface area contributed by atoms with Gasteiger partial charge in [-0.2, -0.15) is 5.10 Å². The van der Waals surface area contributed by atoms with Crippen molar-refractivity contribution in [2.24, 2.45) is 7.05 Å². The van der Waals surface area contributed by atoms with Gasteiger partial charge < -0.3 is 10.4 Å². The molecule has 0 aliphatic heterocycles. The molecule has 0 unspecified atom stereocenters. The molecule has 1 rings (SSSR count). The van der Waals surface area contributed by atoms with E-state index in [1.807, 2.05) is 0 Å². The van der Waals surface area contributed by atoms with Crippen molar-refractivity contribution in [2.75, 3.05) is 6.61 Å². The fraction of sp³-hybridized carbons (Fsp3) is 0.500. The summed E-state index contributed by atoms with van der Waals surface area (Å²) in [6, 6.07) is 1.38. The summed E-state index contributed by atoms with van der Waals surface area (Å²) in [5.41, 5.74) is 0.364. The van der Waals surface area contributed by atoms with E-state index in [9.17, 15) is 4.79 Å². The number of nitrogens with one attached hydrogen (secondary N) is 1. The molecule has 5 nitrogen and oxygen atoms in total. The van der Waals surface area contributed by atoms with E-state index < -0.39 is 0 Å². The highest BCUT2D eigenvalue weighted by molar-refractivity contribution is 5.92. The summed E-state index contributed by atoms with van der Waals surface area (Å²) in [7, 11) is 1.74. The van der Waals surface area contributed by atoms with Crippen molar-refractivity contribution in [2.45, 2.75) is 13.0 Å². The number of hydrogen-bond acceptors (Lipinski definition) is 3. The van der Waals surface area contributed by atoms with Crippen LogP contribution in [-0.2, 0) is 7.05 Å². The Labute approximate surface area is 76.4 Å². The zero-order valence-electron chi connectivity index (χ0n) is 7.69. The minimum atomic E-state index is -0.262. The van der Waals surface area contributed by atoms with Crippen molar-refractivity contribution in [1.82, 2.24) is 15.1 Å². The number of carbonyl (C=O) groups excluding carboxylic acids is 1. The van der Waals surface area contributed by atoms with Gasteiger partial charge in [-0.15, -0.1) is 0 Å². The number of nitrogens with zero attached hydrogens (tertiary/aromatic N) is 2. The van der Waals surface area contributed by atoms with Crippen molar-refractivity contribution >= 4 is 5.91 Å². The van der Waals surface area contributed by atoms with E-state index >= 15 is 0 Å². The van der Waals surface area contributed by atoms with Crippen LogP contribution in [0.1, 0.15) is 17.4 Å². The first-order valence-electron chi connectivity index (χ1n) is 4.05.